The number of hydrogen-bond donors (Lipinski definition) is 1. The van der Waals surface area contributed by atoms with Crippen molar-refractivity contribution < 1.29 is 4.74 Å². The molecule has 1 unspecified atom stereocenters. The van der Waals surface area contributed by atoms with Crippen LogP contribution in [0.15, 0.2) is 0 Å². The first-order valence-corrected chi connectivity index (χ1v) is 5.82. The lowest BCUT2D eigenvalue weighted by Crippen LogP contribution is -2.24. The lowest BCUT2D eigenvalue weighted by molar-refractivity contribution is 0.0508. The fourth-order valence-corrected chi connectivity index (χ4v) is 2.62. The van der Waals surface area contributed by atoms with Crippen LogP contribution in [0.5, 0.6) is 0 Å². The zero-order valence-corrected chi connectivity index (χ0v) is 10.0. The molecule has 5 heteroatoms. The van der Waals surface area contributed by atoms with Crippen LogP contribution in [0, 0.1) is 17.6 Å². The van der Waals surface area contributed by atoms with Gasteiger partial charge in [-0.3, -0.25) is 5.10 Å². The molecule has 1 aliphatic heterocycles. The van der Waals surface area contributed by atoms with Crippen molar-refractivity contribution in [3.05, 3.63) is 10.6 Å². The molecule has 1 N–H and O–H groups in total. The summed E-state index contributed by atoms with van der Waals surface area (Å²) in [4.78, 5) is 0. The largest absolute Gasteiger partial charge is 0.381 e. The van der Waals surface area contributed by atoms with Crippen molar-refractivity contribution in [1.82, 2.24) is 14.8 Å². The smallest absolute Gasteiger partial charge is 0.195 e. The molecule has 0 aliphatic carbocycles. The van der Waals surface area contributed by atoms with E-state index in [1.54, 1.807) is 0 Å². The molecule has 0 spiro atoms. The number of hydrogen-bond acceptors (Lipinski definition) is 3. The third-order valence-corrected chi connectivity index (χ3v) is 3.52. The molecule has 1 saturated heterocycles. The Morgan fingerprint density at radius 1 is 1.53 bits per heavy atom. The van der Waals surface area contributed by atoms with Gasteiger partial charge in [-0.05, 0) is 44.8 Å². The molecule has 0 amide bonds. The molecule has 0 bridgehead atoms. The van der Waals surface area contributed by atoms with Crippen LogP contribution in [-0.4, -0.2) is 28.0 Å². The summed E-state index contributed by atoms with van der Waals surface area (Å²) in [6, 6.07) is 0.417. The zero-order chi connectivity index (χ0) is 10.8. The van der Waals surface area contributed by atoms with Gasteiger partial charge in [0, 0.05) is 19.3 Å². The topological polar surface area (TPSA) is 42.8 Å². The maximum atomic E-state index is 5.37. The highest BCUT2D eigenvalue weighted by atomic mass is 32.1. The molecule has 2 heterocycles. The first-order valence-electron chi connectivity index (χ1n) is 5.41. The summed E-state index contributed by atoms with van der Waals surface area (Å²) in [6.45, 7) is 5.95. The monoisotopic (exact) mass is 227 g/mol. The Morgan fingerprint density at radius 3 is 2.73 bits per heavy atom. The number of rotatable bonds is 2. The minimum Gasteiger partial charge on any atom is -0.381 e. The summed E-state index contributed by atoms with van der Waals surface area (Å²) in [5, 5.41) is 6.99. The molecule has 1 aromatic rings. The predicted octanol–water partition coefficient (Wildman–Crippen LogP) is 2.24. The molecule has 4 nitrogen and oxygen atoms in total. The maximum Gasteiger partial charge on any atom is 0.195 e. The summed E-state index contributed by atoms with van der Waals surface area (Å²) >= 11 is 5.23. The van der Waals surface area contributed by atoms with E-state index in [4.69, 9.17) is 17.0 Å². The SMILES string of the molecule is Cc1n[nH]c(=S)n1C(C)C1CCOCC1. The minimum atomic E-state index is 0.417. The fourth-order valence-electron chi connectivity index (χ4n) is 2.27. The Morgan fingerprint density at radius 2 is 2.20 bits per heavy atom. The second-order valence-corrected chi connectivity index (χ2v) is 4.52. The molecule has 1 aliphatic rings. The molecular weight excluding hydrogens is 210 g/mol. The Bertz CT molecular complexity index is 378. The second kappa shape index (κ2) is 4.45. The van der Waals surface area contributed by atoms with Gasteiger partial charge in [-0.15, -0.1) is 0 Å². The highest BCUT2D eigenvalue weighted by Gasteiger charge is 2.23. The standard InChI is InChI=1S/C10H17N3OS/c1-7(9-3-5-14-6-4-9)13-8(2)11-12-10(13)15/h7,9H,3-6H2,1-2H3,(H,12,15). The second-order valence-electron chi connectivity index (χ2n) is 4.14. The van der Waals surface area contributed by atoms with Gasteiger partial charge in [-0.2, -0.15) is 5.10 Å². The van der Waals surface area contributed by atoms with Crippen LogP contribution in [0.25, 0.3) is 0 Å². The van der Waals surface area contributed by atoms with E-state index in [-0.39, 0.29) is 0 Å². The van der Waals surface area contributed by atoms with E-state index in [1.165, 1.54) is 0 Å². The lowest BCUT2D eigenvalue weighted by atomic mass is 9.93. The van der Waals surface area contributed by atoms with Crippen LogP contribution < -0.4 is 0 Å². The van der Waals surface area contributed by atoms with E-state index in [0.717, 1.165) is 36.7 Å². The maximum absolute atomic E-state index is 5.37. The first-order chi connectivity index (χ1) is 7.20. The van der Waals surface area contributed by atoms with Crippen molar-refractivity contribution in [2.75, 3.05) is 13.2 Å². The Balaban J connectivity index is 2.19. The van der Waals surface area contributed by atoms with E-state index >= 15 is 0 Å². The summed E-state index contributed by atoms with van der Waals surface area (Å²) in [5.41, 5.74) is 0. The Labute approximate surface area is 94.6 Å². The highest BCUT2D eigenvalue weighted by Crippen LogP contribution is 2.28. The molecular formula is C10H17N3OS. The van der Waals surface area contributed by atoms with E-state index in [2.05, 4.69) is 21.7 Å². The van der Waals surface area contributed by atoms with Crippen molar-refractivity contribution in [3.63, 3.8) is 0 Å². The molecule has 1 atom stereocenters. The normalized spacial score (nSPS) is 20.4. The molecule has 0 radical (unpaired) electrons. The Kier molecular flexibility index (Phi) is 3.21. The number of aromatic nitrogens is 3. The van der Waals surface area contributed by atoms with Gasteiger partial charge < -0.3 is 9.30 Å². The number of H-pyrrole nitrogens is 1. The minimum absolute atomic E-state index is 0.417. The van der Waals surface area contributed by atoms with E-state index in [1.807, 2.05) is 6.92 Å². The average molecular weight is 227 g/mol. The Hall–Kier alpha value is -0.680. The summed E-state index contributed by atoms with van der Waals surface area (Å²) in [6.07, 6.45) is 2.24. The van der Waals surface area contributed by atoms with Gasteiger partial charge in [0.1, 0.15) is 5.82 Å². The van der Waals surface area contributed by atoms with Gasteiger partial charge in [0.05, 0.1) is 0 Å². The average Bonchev–Trinajstić information content (AvgIpc) is 2.59. The summed E-state index contributed by atoms with van der Waals surface area (Å²) in [7, 11) is 0. The molecule has 15 heavy (non-hydrogen) atoms. The molecule has 2 rings (SSSR count). The van der Waals surface area contributed by atoms with Crippen molar-refractivity contribution in [1.29, 1.82) is 0 Å². The molecule has 1 aromatic heterocycles. The van der Waals surface area contributed by atoms with Crippen LogP contribution >= 0.6 is 12.2 Å². The van der Waals surface area contributed by atoms with Gasteiger partial charge in [-0.25, -0.2) is 0 Å². The van der Waals surface area contributed by atoms with Crippen LogP contribution in [0.2, 0.25) is 0 Å². The number of aryl methyl sites for hydroxylation is 1. The molecule has 1 fully saturated rings. The summed E-state index contributed by atoms with van der Waals surface area (Å²) < 4.78 is 8.21. The van der Waals surface area contributed by atoms with Crippen LogP contribution in [-0.2, 0) is 4.74 Å². The predicted molar refractivity (Wildman–Crippen MR) is 60.4 cm³/mol. The first kappa shape index (κ1) is 10.8. The third-order valence-electron chi connectivity index (χ3n) is 3.24. The van der Waals surface area contributed by atoms with Gasteiger partial charge in [0.2, 0.25) is 0 Å². The summed E-state index contributed by atoms with van der Waals surface area (Å²) in [5.74, 6) is 1.63. The third kappa shape index (κ3) is 2.13. The number of nitrogens with zero attached hydrogens (tertiary/aromatic N) is 2. The van der Waals surface area contributed by atoms with E-state index < -0.39 is 0 Å². The molecule has 84 valence electrons. The molecule has 0 saturated carbocycles. The number of aromatic amines is 1. The van der Waals surface area contributed by atoms with Crippen molar-refractivity contribution >= 4 is 12.2 Å². The van der Waals surface area contributed by atoms with Gasteiger partial charge >= 0.3 is 0 Å². The van der Waals surface area contributed by atoms with E-state index in [0.29, 0.717) is 12.0 Å². The van der Waals surface area contributed by atoms with Crippen LogP contribution in [0.4, 0.5) is 0 Å². The quantitative estimate of drug-likeness (QED) is 0.788. The lowest BCUT2D eigenvalue weighted by Gasteiger charge is -2.28. The number of nitrogens with one attached hydrogen (secondary N) is 1. The molecule has 0 aromatic carbocycles. The van der Waals surface area contributed by atoms with Crippen molar-refractivity contribution in [3.8, 4) is 0 Å². The van der Waals surface area contributed by atoms with Crippen molar-refractivity contribution in [2.24, 2.45) is 5.92 Å². The van der Waals surface area contributed by atoms with Crippen LogP contribution in [0.3, 0.4) is 0 Å². The zero-order valence-electron chi connectivity index (χ0n) is 9.19. The highest BCUT2D eigenvalue weighted by molar-refractivity contribution is 7.71. The van der Waals surface area contributed by atoms with Gasteiger partial charge in [0.15, 0.2) is 4.77 Å². The van der Waals surface area contributed by atoms with Crippen LogP contribution in [0.1, 0.15) is 31.6 Å². The fraction of sp³-hybridized carbons (Fsp3) is 0.800. The van der Waals surface area contributed by atoms with E-state index in [9.17, 15) is 0 Å². The van der Waals surface area contributed by atoms with Gasteiger partial charge in [-0.1, -0.05) is 0 Å². The number of ether oxygens (including phenoxy) is 1. The van der Waals surface area contributed by atoms with Crippen molar-refractivity contribution in [2.45, 2.75) is 32.7 Å². The van der Waals surface area contributed by atoms with Gasteiger partial charge in [0.25, 0.3) is 0 Å².